The highest BCUT2D eigenvalue weighted by Gasteiger charge is 2.21. The molecular formula is C23H39N5O. The average Bonchev–Trinajstić information content (AvgIpc) is 2.79. The van der Waals surface area contributed by atoms with Gasteiger partial charge in [0.2, 0.25) is 0 Å². The Bertz CT molecular complexity index is 621. The molecule has 0 bridgehead atoms. The molecule has 0 aliphatic carbocycles. The zero-order chi connectivity index (χ0) is 20.3. The highest BCUT2D eigenvalue weighted by atomic mass is 16.5. The SMILES string of the molecule is CN=C(NCCCCCN1CCCCC1)N1CCN(c2ccccc2OC)CC1. The zero-order valence-corrected chi connectivity index (χ0v) is 18.4. The number of likely N-dealkylation sites (tertiary alicyclic amines) is 1. The van der Waals surface area contributed by atoms with Crippen LogP contribution in [0.5, 0.6) is 5.75 Å². The van der Waals surface area contributed by atoms with E-state index in [1.807, 2.05) is 19.2 Å². The van der Waals surface area contributed by atoms with Crippen molar-refractivity contribution in [3.63, 3.8) is 0 Å². The van der Waals surface area contributed by atoms with Gasteiger partial charge in [0, 0.05) is 39.8 Å². The van der Waals surface area contributed by atoms with Crippen LogP contribution in [0.1, 0.15) is 38.5 Å². The lowest BCUT2D eigenvalue weighted by Gasteiger charge is -2.38. The Labute approximate surface area is 176 Å². The van der Waals surface area contributed by atoms with E-state index < -0.39 is 0 Å². The molecule has 0 unspecified atom stereocenters. The van der Waals surface area contributed by atoms with E-state index in [0.717, 1.165) is 44.4 Å². The van der Waals surface area contributed by atoms with Crippen LogP contribution in [0.4, 0.5) is 5.69 Å². The summed E-state index contributed by atoms with van der Waals surface area (Å²) in [6.45, 7) is 8.84. The number of piperazine rings is 1. The minimum atomic E-state index is 0.952. The number of rotatable bonds is 8. The van der Waals surface area contributed by atoms with Gasteiger partial charge in [-0.05, 0) is 57.5 Å². The van der Waals surface area contributed by atoms with Crippen LogP contribution in [0.2, 0.25) is 0 Å². The van der Waals surface area contributed by atoms with E-state index >= 15 is 0 Å². The second kappa shape index (κ2) is 11.9. The van der Waals surface area contributed by atoms with Gasteiger partial charge >= 0.3 is 0 Å². The van der Waals surface area contributed by atoms with Crippen molar-refractivity contribution >= 4 is 11.6 Å². The molecule has 6 heteroatoms. The highest BCUT2D eigenvalue weighted by Crippen LogP contribution is 2.28. The lowest BCUT2D eigenvalue weighted by molar-refractivity contribution is 0.224. The van der Waals surface area contributed by atoms with Crippen molar-refractivity contribution in [3.05, 3.63) is 24.3 Å². The van der Waals surface area contributed by atoms with Gasteiger partial charge in [-0.3, -0.25) is 4.99 Å². The topological polar surface area (TPSA) is 43.3 Å². The van der Waals surface area contributed by atoms with Crippen LogP contribution in [0.15, 0.2) is 29.3 Å². The van der Waals surface area contributed by atoms with Gasteiger partial charge in [0.25, 0.3) is 0 Å². The van der Waals surface area contributed by atoms with Crippen LogP contribution >= 0.6 is 0 Å². The number of guanidine groups is 1. The minimum absolute atomic E-state index is 0.952. The van der Waals surface area contributed by atoms with Crippen LogP contribution < -0.4 is 15.0 Å². The van der Waals surface area contributed by atoms with E-state index in [2.05, 4.69) is 37.1 Å². The number of hydrogen-bond acceptors (Lipinski definition) is 4. The Balaban J connectivity index is 1.33. The number of unbranched alkanes of at least 4 members (excludes halogenated alkanes) is 2. The van der Waals surface area contributed by atoms with Gasteiger partial charge in [0.05, 0.1) is 12.8 Å². The Morgan fingerprint density at radius 2 is 1.72 bits per heavy atom. The number of ether oxygens (including phenoxy) is 1. The molecule has 0 aromatic heterocycles. The predicted octanol–water partition coefficient (Wildman–Crippen LogP) is 3.05. The predicted molar refractivity (Wildman–Crippen MR) is 122 cm³/mol. The minimum Gasteiger partial charge on any atom is -0.495 e. The summed E-state index contributed by atoms with van der Waals surface area (Å²) in [4.78, 5) is 11.9. The molecule has 2 aliphatic rings. The van der Waals surface area contributed by atoms with Crippen LogP contribution in [0, 0.1) is 0 Å². The Morgan fingerprint density at radius 1 is 0.966 bits per heavy atom. The molecule has 1 aromatic rings. The van der Waals surface area contributed by atoms with Gasteiger partial charge in [-0.25, -0.2) is 0 Å². The van der Waals surface area contributed by atoms with Crippen LogP contribution in [-0.4, -0.2) is 82.3 Å². The Morgan fingerprint density at radius 3 is 2.45 bits per heavy atom. The Hall–Kier alpha value is -1.95. The second-order valence-corrected chi connectivity index (χ2v) is 8.08. The molecule has 2 aliphatic heterocycles. The number of hydrogen-bond donors (Lipinski definition) is 1. The smallest absolute Gasteiger partial charge is 0.193 e. The molecule has 2 heterocycles. The molecule has 29 heavy (non-hydrogen) atoms. The Kier molecular flexibility index (Phi) is 8.93. The maximum Gasteiger partial charge on any atom is 0.193 e. The lowest BCUT2D eigenvalue weighted by Crippen LogP contribution is -2.52. The number of methoxy groups -OCH3 is 1. The molecule has 0 atom stereocenters. The molecule has 1 aromatic carbocycles. The fourth-order valence-corrected chi connectivity index (χ4v) is 4.40. The van der Waals surface area contributed by atoms with Crippen molar-refractivity contribution < 1.29 is 4.74 Å². The quantitative estimate of drug-likeness (QED) is 0.412. The molecule has 2 saturated heterocycles. The van der Waals surface area contributed by atoms with Gasteiger partial charge in [0.15, 0.2) is 5.96 Å². The van der Waals surface area contributed by atoms with Gasteiger partial charge in [0.1, 0.15) is 5.75 Å². The first-order valence-corrected chi connectivity index (χ1v) is 11.4. The third-order valence-corrected chi connectivity index (χ3v) is 6.10. The number of piperidine rings is 1. The summed E-state index contributed by atoms with van der Waals surface area (Å²) in [6, 6.07) is 8.28. The molecule has 2 fully saturated rings. The normalized spacial score (nSPS) is 18.8. The van der Waals surface area contributed by atoms with E-state index in [0.29, 0.717) is 0 Å². The number of nitrogens with one attached hydrogen (secondary N) is 1. The highest BCUT2D eigenvalue weighted by molar-refractivity contribution is 5.80. The van der Waals surface area contributed by atoms with Crippen LogP contribution in [-0.2, 0) is 0 Å². The molecule has 0 spiro atoms. The van der Waals surface area contributed by atoms with Crippen molar-refractivity contribution in [1.82, 2.24) is 15.1 Å². The molecule has 1 N–H and O–H groups in total. The zero-order valence-electron chi connectivity index (χ0n) is 18.4. The molecule has 3 rings (SSSR count). The summed E-state index contributed by atoms with van der Waals surface area (Å²) in [5, 5.41) is 3.57. The fraction of sp³-hybridized carbons (Fsp3) is 0.696. The summed E-state index contributed by atoms with van der Waals surface area (Å²) in [5.41, 5.74) is 1.19. The molecular weight excluding hydrogens is 362 g/mol. The second-order valence-electron chi connectivity index (χ2n) is 8.08. The first-order valence-electron chi connectivity index (χ1n) is 11.4. The summed E-state index contributed by atoms with van der Waals surface area (Å²) in [6.07, 6.45) is 8.03. The summed E-state index contributed by atoms with van der Waals surface area (Å²) in [7, 11) is 3.64. The van der Waals surface area contributed by atoms with E-state index in [-0.39, 0.29) is 0 Å². The molecule has 6 nitrogen and oxygen atoms in total. The fourth-order valence-electron chi connectivity index (χ4n) is 4.40. The van der Waals surface area contributed by atoms with Crippen molar-refractivity contribution in [3.8, 4) is 5.75 Å². The number of nitrogens with zero attached hydrogens (tertiary/aromatic N) is 4. The van der Waals surface area contributed by atoms with E-state index in [4.69, 9.17) is 4.74 Å². The van der Waals surface area contributed by atoms with E-state index in [1.165, 1.54) is 63.8 Å². The maximum atomic E-state index is 5.52. The van der Waals surface area contributed by atoms with E-state index in [9.17, 15) is 0 Å². The molecule has 162 valence electrons. The van der Waals surface area contributed by atoms with Crippen molar-refractivity contribution in [1.29, 1.82) is 0 Å². The molecule has 0 amide bonds. The third-order valence-electron chi connectivity index (χ3n) is 6.10. The average molecular weight is 402 g/mol. The molecule has 0 saturated carbocycles. The summed E-state index contributed by atoms with van der Waals surface area (Å²) >= 11 is 0. The van der Waals surface area contributed by atoms with Crippen LogP contribution in [0.3, 0.4) is 0 Å². The number of aliphatic imine (C=N–C) groups is 1. The first kappa shape index (κ1) is 21.8. The lowest BCUT2D eigenvalue weighted by atomic mass is 10.1. The monoisotopic (exact) mass is 401 g/mol. The number of benzene rings is 1. The standard InChI is InChI=1S/C23H39N5O/c1-24-23(25-13-7-3-8-14-26-15-9-4-10-16-26)28-19-17-27(18-20-28)21-11-5-6-12-22(21)29-2/h5-6,11-12H,3-4,7-10,13-20H2,1-2H3,(H,24,25). The largest absolute Gasteiger partial charge is 0.495 e. The first-order chi connectivity index (χ1) is 14.3. The van der Waals surface area contributed by atoms with Crippen LogP contribution in [0.25, 0.3) is 0 Å². The van der Waals surface area contributed by atoms with E-state index in [1.54, 1.807) is 7.11 Å². The third kappa shape index (κ3) is 6.53. The number of para-hydroxylation sites is 2. The summed E-state index contributed by atoms with van der Waals surface area (Å²) in [5.74, 6) is 1.99. The van der Waals surface area contributed by atoms with Gasteiger partial charge in [-0.2, -0.15) is 0 Å². The summed E-state index contributed by atoms with van der Waals surface area (Å²) < 4.78 is 5.52. The maximum absolute atomic E-state index is 5.52. The van der Waals surface area contributed by atoms with Gasteiger partial charge in [-0.15, -0.1) is 0 Å². The van der Waals surface area contributed by atoms with Crippen molar-refractivity contribution in [2.24, 2.45) is 4.99 Å². The van der Waals surface area contributed by atoms with Gasteiger partial charge < -0.3 is 24.8 Å². The van der Waals surface area contributed by atoms with Gasteiger partial charge in [-0.1, -0.05) is 25.0 Å². The van der Waals surface area contributed by atoms with Crippen molar-refractivity contribution in [2.75, 3.05) is 71.4 Å². The number of anilines is 1. The van der Waals surface area contributed by atoms with Crippen molar-refractivity contribution in [2.45, 2.75) is 38.5 Å². The molecule has 0 radical (unpaired) electrons.